The lowest BCUT2D eigenvalue weighted by molar-refractivity contribution is -0.122. The minimum Gasteiger partial charge on any atom is -0.497 e. The lowest BCUT2D eigenvalue weighted by Crippen LogP contribution is -2.44. The molecule has 0 heterocycles. The highest BCUT2D eigenvalue weighted by Gasteiger charge is 2.21. The molecule has 0 aliphatic heterocycles. The summed E-state index contributed by atoms with van der Waals surface area (Å²) in [6, 6.07) is 5.03. The number of nitrogens with one attached hydrogen (secondary N) is 2. The Bertz CT molecular complexity index is 567. The molecule has 0 aliphatic carbocycles. The molecule has 1 atom stereocenters. The van der Waals surface area contributed by atoms with Crippen molar-refractivity contribution in [2.45, 2.75) is 17.9 Å². The van der Waals surface area contributed by atoms with Gasteiger partial charge >= 0.3 is 0 Å². The average molecular weight is 298 g/mol. The van der Waals surface area contributed by atoms with Crippen molar-refractivity contribution < 1.29 is 17.9 Å². The van der Waals surface area contributed by atoms with Crippen molar-refractivity contribution in [3.8, 4) is 5.75 Å². The van der Waals surface area contributed by atoms with Crippen molar-refractivity contribution >= 4 is 15.9 Å². The second-order valence-electron chi connectivity index (χ2n) is 4.05. The third-order valence-corrected chi connectivity index (χ3v) is 4.07. The molecule has 0 aliphatic rings. The largest absolute Gasteiger partial charge is 0.497 e. The van der Waals surface area contributed by atoms with E-state index >= 15 is 0 Å². The number of hydrogen-bond donors (Lipinski definition) is 2. The molecule has 0 bridgehead atoms. The number of benzene rings is 1. The second kappa shape index (κ2) is 7.06. The van der Waals surface area contributed by atoms with E-state index in [1.165, 1.54) is 44.4 Å². The van der Waals surface area contributed by atoms with E-state index in [1.807, 2.05) is 0 Å². The van der Waals surface area contributed by atoms with Crippen LogP contribution in [0.3, 0.4) is 0 Å². The maximum absolute atomic E-state index is 12.1. The predicted molar refractivity (Wildman–Crippen MR) is 76.0 cm³/mol. The van der Waals surface area contributed by atoms with Crippen LogP contribution in [0.4, 0.5) is 0 Å². The molecule has 7 heteroatoms. The first-order valence-corrected chi connectivity index (χ1v) is 7.44. The van der Waals surface area contributed by atoms with Crippen LogP contribution < -0.4 is 14.8 Å². The Morgan fingerprint density at radius 2 is 2.00 bits per heavy atom. The van der Waals surface area contributed by atoms with Gasteiger partial charge in [-0.2, -0.15) is 4.72 Å². The van der Waals surface area contributed by atoms with Gasteiger partial charge in [-0.15, -0.1) is 6.58 Å². The summed E-state index contributed by atoms with van der Waals surface area (Å²) in [5.74, 6) is 0.141. The van der Waals surface area contributed by atoms with Gasteiger partial charge in [-0.05, 0) is 31.2 Å². The van der Waals surface area contributed by atoms with E-state index in [4.69, 9.17) is 4.74 Å². The second-order valence-corrected chi connectivity index (χ2v) is 5.77. The summed E-state index contributed by atoms with van der Waals surface area (Å²) >= 11 is 0. The molecule has 0 saturated carbocycles. The summed E-state index contributed by atoms with van der Waals surface area (Å²) in [4.78, 5) is 11.7. The quantitative estimate of drug-likeness (QED) is 0.724. The summed E-state index contributed by atoms with van der Waals surface area (Å²) in [5, 5.41) is 2.52. The molecule has 0 spiro atoms. The van der Waals surface area contributed by atoms with Crippen molar-refractivity contribution in [3.05, 3.63) is 36.9 Å². The Balaban J connectivity index is 2.77. The smallest absolute Gasteiger partial charge is 0.241 e. The van der Waals surface area contributed by atoms with E-state index in [9.17, 15) is 13.2 Å². The number of carbonyl (C=O) groups excluding carboxylic acids is 1. The molecule has 2 N–H and O–H groups in total. The molecule has 1 aromatic rings. The fourth-order valence-electron chi connectivity index (χ4n) is 1.44. The molecule has 1 aromatic carbocycles. The lowest BCUT2D eigenvalue weighted by atomic mass is 10.3. The van der Waals surface area contributed by atoms with Crippen LogP contribution in [0, 0.1) is 0 Å². The minimum atomic E-state index is -3.75. The van der Waals surface area contributed by atoms with Crippen LogP contribution in [0.15, 0.2) is 41.8 Å². The fourth-order valence-corrected chi connectivity index (χ4v) is 2.64. The number of ether oxygens (including phenoxy) is 1. The number of rotatable bonds is 7. The lowest BCUT2D eigenvalue weighted by Gasteiger charge is -2.14. The normalized spacial score (nSPS) is 12.5. The highest BCUT2D eigenvalue weighted by atomic mass is 32.2. The van der Waals surface area contributed by atoms with E-state index in [2.05, 4.69) is 16.6 Å². The molecule has 0 saturated heterocycles. The molecule has 0 fully saturated rings. The van der Waals surface area contributed by atoms with Gasteiger partial charge in [0.15, 0.2) is 0 Å². The molecule has 1 amide bonds. The highest BCUT2D eigenvalue weighted by Crippen LogP contribution is 2.15. The zero-order valence-corrected chi connectivity index (χ0v) is 12.2. The van der Waals surface area contributed by atoms with Gasteiger partial charge in [-0.1, -0.05) is 6.08 Å². The van der Waals surface area contributed by atoms with Gasteiger partial charge < -0.3 is 10.1 Å². The fraction of sp³-hybridized carbons (Fsp3) is 0.308. The first-order valence-electron chi connectivity index (χ1n) is 5.95. The maximum Gasteiger partial charge on any atom is 0.241 e. The Kier molecular flexibility index (Phi) is 5.72. The number of methoxy groups -OCH3 is 1. The standard InChI is InChI=1S/C13H18N2O4S/c1-4-9-14-13(16)10(2)15-20(17,18)12-7-5-11(19-3)6-8-12/h4-8,10,15H,1,9H2,2-3H3,(H,14,16)/t10-/m1/s1. The number of sulfonamides is 1. The average Bonchev–Trinajstić information content (AvgIpc) is 2.44. The van der Waals surface area contributed by atoms with Crippen LogP contribution in [-0.4, -0.2) is 34.0 Å². The zero-order valence-electron chi connectivity index (χ0n) is 11.4. The van der Waals surface area contributed by atoms with Crippen LogP contribution in [0.25, 0.3) is 0 Å². The summed E-state index contributed by atoms with van der Waals surface area (Å²) in [6.45, 7) is 5.22. The van der Waals surface area contributed by atoms with Crippen molar-refractivity contribution in [2.75, 3.05) is 13.7 Å². The SMILES string of the molecule is C=CCNC(=O)[C@@H](C)NS(=O)(=O)c1ccc(OC)cc1. The van der Waals surface area contributed by atoms with E-state index in [1.54, 1.807) is 0 Å². The molecule has 0 aromatic heterocycles. The molecule has 110 valence electrons. The monoisotopic (exact) mass is 298 g/mol. The van der Waals surface area contributed by atoms with Crippen LogP contribution in [-0.2, 0) is 14.8 Å². The van der Waals surface area contributed by atoms with Crippen molar-refractivity contribution in [1.82, 2.24) is 10.0 Å². The summed E-state index contributed by atoms with van der Waals surface area (Å²) in [5.41, 5.74) is 0. The predicted octanol–water partition coefficient (Wildman–Crippen LogP) is 0.664. The third kappa shape index (κ3) is 4.36. The number of amides is 1. The van der Waals surface area contributed by atoms with Crippen molar-refractivity contribution in [3.63, 3.8) is 0 Å². The topological polar surface area (TPSA) is 84.5 Å². The van der Waals surface area contributed by atoms with Crippen LogP contribution in [0.1, 0.15) is 6.92 Å². The van der Waals surface area contributed by atoms with Crippen LogP contribution >= 0.6 is 0 Å². The zero-order chi connectivity index (χ0) is 15.2. The molecular formula is C13H18N2O4S. The Morgan fingerprint density at radius 1 is 1.40 bits per heavy atom. The molecule has 6 nitrogen and oxygen atoms in total. The molecular weight excluding hydrogens is 280 g/mol. The van der Waals surface area contributed by atoms with Gasteiger partial charge in [0.2, 0.25) is 15.9 Å². The third-order valence-electron chi connectivity index (χ3n) is 2.52. The molecule has 20 heavy (non-hydrogen) atoms. The summed E-state index contributed by atoms with van der Waals surface area (Å²) < 4.78 is 31.4. The number of hydrogen-bond acceptors (Lipinski definition) is 4. The Hall–Kier alpha value is -1.86. The highest BCUT2D eigenvalue weighted by molar-refractivity contribution is 7.89. The molecule has 1 rings (SSSR count). The van der Waals surface area contributed by atoms with Gasteiger partial charge in [0, 0.05) is 6.54 Å². The van der Waals surface area contributed by atoms with Gasteiger partial charge in [-0.3, -0.25) is 4.79 Å². The van der Waals surface area contributed by atoms with Crippen LogP contribution in [0.5, 0.6) is 5.75 Å². The molecule has 0 radical (unpaired) electrons. The van der Waals surface area contributed by atoms with Crippen molar-refractivity contribution in [1.29, 1.82) is 0 Å². The number of carbonyl (C=O) groups is 1. The first-order chi connectivity index (χ1) is 9.40. The van der Waals surface area contributed by atoms with E-state index in [0.29, 0.717) is 5.75 Å². The van der Waals surface area contributed by atoms with E-state index in [-0.39, 0.29) is 11.4 Å². The minimum absolute atomic E-state index is 0.0710. The summed E-state index contributed by atoms with van der Waals surface area (Å²) in [7, 11) is -2.25. The first kappa shape index (κ1) is 16.2. The maximum atomic E-state index is 12.1. The van der Waals surface area contributed by atoms with Gasteiger partial charge in [0.05, 0.1) is 18.0 Å². The summed E-state index contributed by atoms with van der Waals surface area (Å²) in [6.07, 6.45) is 1.52. The van der Waals surface area contributed by atoms with E-state index < -0.39 is 22.0 Å². The Labute approximate surface area is 118 Å². The van der Waals surface area contributed by atoms with E-state index in [0.717, 1.165) is 0 Å². The molecule has 0 unspecified atom stereocenters. The Morgan fingerprint density at radius 3 is 2.50 bits per heavy atom. The van der Waals surface area contributed by atoms with Gasteiger partial charge in [0.25, 0.3) is 0 Å². The van der Waals surface area contributed by atoms with Gasteiger partial charge in [0.1, 0.15) is 5.75 Å². The van der Waals surface area contributed by atoms with Crippen molar-refractivity contribution in [2.24, 2.45) is 0 Å². The van der Waals surface area contributed by atoms with Crippen LogP contribution in [0.2, 0.25) is 0 Å². The van der Waals surface area contributed by atoms with Gasteiger partial charge in [-0.25, -0.2) is 8.42 Å².